The maximum atomic E-state index is 11.7. The van der Waals surface area contributed by atoms with Gasteiger partial charge in [0.1, 0.15) is 5.82 Å². The fourth-order valence-electron chi connectivity index (χ4n) is 5.43. The van der Waals surface area contributed by atoms with Gasteiger partial charge in [0.2, 0.25) is 5.28 Å². The molecule has 0 aliphatic heterocycles. The lowest BCUT2D eigenvalue weighted by Crippen LogP contribution is -2.43. The molecule has 13 heteroatoms. The maximum Gasteiger partial charge on any atom is 0.341 e. The Morgan fingerprint density at radius 3 is 1.54 bits per heavy atom. The highest BCUT2D eigenvalue weighted by Crippen LogP contribution is 2.48. The highest BCUT2D eigenvalue weighted by atomic mass is 35.5. The van der Waals surface area contributed by atoms with Crippen LogP contribution in [-0.4, -0.2) is 45.1 Å². The molecule has 0 atom stereocenters. The lowest BCUT2D eigenvalue weighted by molar-refractivity contribution is 0.0515. The number of benzene rings is 2. The quantitative estimate of drug-likeness (QED) is 0.140. The monoisotopic (exact) mass is 733 g/mol. The average molecular weight is 736 g/mol. The smallest absolute Gasteiger partial charge is 0.341 e. The predicted molar refractivity (Wildman–Crippen MR) is 190 cm³/mol. The molecule has 0 radical (unpaired) electrons. The largest absolute Gasteiger partial charge is 0.462 e. The molecule has 2 aromatic carbocycles. The zero-order valence-electron chi connectivity index (χ0n) is 26.8. The van der Waals surface area contributed by atoms with Crippen LogP contribution in [0.15, 0.2) is 73.3 Å². The van der Waals surface area contributed by atoms with Crippen molar-refractivity contribution < 1.29 is 19.1 Å². The lowest BCUT2D eigenvalue weighted by atomic mass is 9.62. The molecule has 48 heavy (non-hydrogen) atoms. The first-order valence-corrected chi connectivity index (χ1v) is 16.7. The molecule has 0 unspecified atom stereocenters. The number of esters is 2. The molecule has 2 aliphatic carbocycles. The normalized spacial score (nSPS) is 15.0. The Balaban J connectivity index is 0.000000212. The van der Waals surface area contributed by atoms with Crippen LogP contribution >= 0.6 is 47.2 Å². The second-order valence-electron chi connectivity index (χ2n) is 11.3. The summed E-state index contributed by atoms with van der Waals surface area (Å²) >= 11 is 17.8. The third-order valence-corrected chi connectivity index (χ3v) is 9.11. The molecular weight excluding hydrogens is 696 g/mol. The number of carbonyl (C=O) groups excluding carboxylic acids is 2. The molecule has 4 aromatic rings. The Bertz CT molecular complexity index is 1630. The van der Waals surface area contributed by atoms with E-state index in [9.17, 15) is 9.59 Å². The summed E-state index contributed by atoms with van der Waals surface area (Å²) in [6.07, 6.45) is 13.2. The van der Waals surface area contributed by atoms with Gasteiger partial charge in [-0.05, 0) is 80.8 Å². The van der Waals surface area contributed by atoms with Gasteiger partial charge in [0.15, 0.2) is 0 Å². The summed E-state index contributed by atoms with van der Waals surface area (Å²) in [5.41, 5.74) is 9.00. The van der Waals surface area contributed by atoms with E-state index >= 15 is 0 Å². The van der Waals surface area contributed by atoms with Crippen molar-refractivity contribution in [3.05, 3.63) is 117 Å². The molecule has 0 spiro atoms. The van der Waals surface area contributed by atoms with E-state index < -0.39 is 5.97 Å². The first-order valence-electron chi connectivity index (χ1n) is 15.5. The summed E-state index contributed by atoms with van der Waals surface area (Å²) in [4.78, 5) is 38.6. The van der Waals surface area contributed by atoms with E-state index in [-0.39, 0.29) is 34.6 Å². The predicted octanol–water partition coefficient (Wildman–Crippen LogP) is 8.38. The fourth-order valence-corrected chi connectivity index (χ4v) is 6.19. The molecule has 2 aliphatic rings. The average Bonchev–Trinajstić information content (AvgIpc) is 3.04. The standard InChI is InChI=1S/C18H19ClN2O2.C10H12ClN.C7H7ClN2O2.ClH/c1-2-23-17(22)13-11-20-16(21-12-13)10-18(8-5-9-18)14-6-3-4-7-15(14)19;11-9-5-2-1-4-8(9)10(12)6-3-7-10;1-2-12-6(11)5-3-9-7(8)10-4-5;/h3-4,6-7,11-12H,2,5,8-10H2,1H3;1-2,4-5H,3,6-7,12H2;3-4H,2H2,1H3;1H. The number of carbonyl (C=O) groups is 2. The van der Waals surface area contributed by atoms with Crippen molar-refractivity contribution in [2.75, 3.05) is 13.2 Å². The van der Waals surface area contributed by atoms with Crippen molar-refractivity contribution >= 4 is 59.1 Å². The number of nitrogens with two attached hydrogens (primary N) is 1. The summed E-state index contributed by atoms with van der Waals surface area (Å²) < 4.78 is 9.66. The Kier molecular flexibility index (Phi) is 15.0. The van der Waals surface area contributed by atoms with Gasteiger partial charge in [-0.25, -0.2) is 29.5 Å². The van der Waals surface area contributed by atoms with Crippen LogP contribution in [0, 0.1) is 0 Å². The van der Waals surface area contributed by atoms with E-state index in [1.807, 2.05) is 42.5 Å². The van der Waals surface area contributed by atoms with Crippen molar-refractivity contribution in [2.45, 2.75) is 69.7 Å². The van der Waals surface area contributed by atoms with Gasteiger partial charge in [-0.2, -0.15) is 0 Å². The molecule has 9 nitrogen and oxygen atoms in total. The summed E-state index contributed by atoms with van der Waals surface area (Å²) in [5.74, 6) is -0.0876. The molecule has 2 fully saturated rings. The molecule has 256 valence electrons. The van der Waals surface area contributed by atoms with Crippen LogP contribution in [-0.2, 0) is 26.8 Å². The molecule has 0 bridgehead atoms. The Morgan fingerprint density at radius 2 is 1.15 bits per heavy atom. The molecule has 2 heterocycles. The minimum absolute atomic E-state index is 0. The van der Waals surface area contributed by atoms with Gasteiger partial charge in [0.25, 0.3) is 0 Å². The Hall–Kier alpha value is -3.34. The van der Waals surface area contributed by atoms with E-state index in [4.69, 9.17) is 50.0 Å². The van der Waals surface area contributed by atoms with E-state index in [2.05, 4.69) is 26.0 Å². The number of nitrogens with zero attached hydrogens (tertiary/aromatic N) is 4. The van der Waals surface area contributed by atoms with Gasteiger partial charge < -0.3 is 15.2 Å². The van der Waals surface area contributed by atoms with Gasteiger partial charge in [-0.15, -0.1) is 12.4 Å². The second-order valence-corrected chi connectivity index (χ2v) is 12.5. The minimum atomic E-state index is -0.436. The maximum absolute atomic E-state index is 11.7. The zero-order chi connectivity index (χ0) is 33.9. The van der Waals surface area contributed by atoms with Crippen LogP contribution in [0.1, 0.15) is 90.0 Å². The highest BCUT2D eigenvalue weighted by molar-refractivity contribution is 6.31. The van der Waals surface area contributed by atoms with Crippen molar-refractivity contribution in [2.24, 2.45) is 5.73 Å². The molecule has 0 saturated heterocycles. The van der Waals surface area contributed by atoms with Gasteiger partial charge in [0, 0.05) is 52.2 Å². The van der Waals surface area contributed by atoms with Gasteiger partial charge in [-0.1, -0.05) is 66.0 Å². The van der Waals surface area contributed by atoms with Gasteiger partial charge in [-0.3, -0.25) is 0 Å². The summed E-state index contributed by atoms with van der Waals surface area (Å²) in [6.45, 7) is 4.18. The van der Waals surface area contributed by atoms with Crippen LogP contribution in [0.2, 0.25) is 15.3 Å². The SMILES string of the molecule is CCOC(=O)c1cnc(CC2(c3ccccc3Cl)CCC2)nc1.CCOC(=O)c1cnc(Cl)nc1.Cl.NC1(c2ccccc2Cl)CCC1. The lowest BCUT2D eigenvalue weighted by Gasteiger charge is -2.42. The van der Waals surface area contributed by atoms with E-state index in [1.165, 1.54) is 30.8 Å². The van der Waals surface area contributed by atoms with Gasteiger partial charge >= 0.3 is 11.9 Å². The van der Waals surface area contributed by atoms with Crippen molar-refractivity contribution in [3.8, 4) is 0 Å². The van der Waals surface area contributed by atoms with Crippen LogP contribution in [0.5, 0.6) is 0 Å². The molecule has 2 saturated carbocycles. The highest BCUT2D eigenvalue weighted by Gasteiger charge is 2.40. The van der Waals surface area contributed by atoms with Crippen LogP contribution in [0.4, 0.5) is 0 Å². The summed E-state index contributed by atoms with van der Waals surface area (Å²) in [5, 5.41) is 1.72. The number of halogens is 4. The third kappa shape index (κ3) is 10.1. The first-order chi connectivity index (χ1) is 22.6. The summed E-state index contributed by atoms with van der Waals surface area (Å²) in [6, 6.07) is 15.9. The van der Waals surface area contributed by atoms with Crippen LogP contribution in [0.3, 0.4) is 0 Å². The van der Waals surface area contributed by atoms with Crippen molar-refractivity contribution in [1.82, 2.24) is 19.9 Å². The number of hydrogen-bond acceptors (Lipinski definition) is 9. The number of aromatic nitrogens is 4. The zero-order valence-corrected chi connectivity index (χ0v) is 29.9. The molecule has 2 N–H and O–H groups in total. The molecule has 6 rings (SSSR count). The van der Waals surface area contributed by atoms with E-state index in [1.54, 1.807) is 26.2 Å². The van der Waals surface area contributed by atoms with Crippen molar-refractivity contribution in [1.29, 1.82) is 0 Å². The Labute approximate surface area is 302 Å². The third-order valence-electron chi connectivity index (χ3n) is 8.26. The number of hydrogen-bond donors (Lipinski definition) is 1. The fraction of sp³-hybridized carbons (Fsp3) is 0.371. The van der Waals surface area contributed by atoms with Crippen LogP contribution < -0.4 is 5.73 Å². The first kappa shape index (κ1) is 39.1. The second kappa shape index (κ2) is 18.4. The Morgan fingerprint density at radius 1 is 0.708 bits per heavy atom. The topological polar surface area (TPSA) is 130 Å². The summed E-state index contributed by atoms with van der Waals surface area (Å²) in [7, 11) is 0. The van der Waals surface area contributed by atoms with E-state index in [0.29, 0.717) is 24.3 Å². The van der Waals surface area contributed by atoms with E-state index in [0.717, 1.165) is 53.5 Å². The van der Waals surface area contributed by atoms with Crippen molar-refractivity contribution in [3.63, 3.8) is 0 Å². The van der Waals surface area contributed by atoms with Gasteiger partial charge in [0.05, 0.1) is 24.3 Å². The minimum Gasteiger partial charge on any atom is -0.462 e. The van der Waals surface area contributed by atoms with Crippen LogP contribution in [0.25, 0.3) is 0 Å². The molecular formula is C35H39Cl4N5O4. The number of rotatable bonds is 8. The molecule has 2 aromatic heterocycles. The molecule has 0 amide bonds. The number of ether oxygens (including phenoxy) is 2.